The molecule has 5 nitrogen and oxygen atoms in total. The SMILES string of the molecule is Cl.N[C@@H]1CCC[C@H]1CC(=O)Nc1ccc2c(c1)NC(=O)CS2. The number of benzene rings is 1. The third kappa shape index (κ3) is 3.94. The number of amides is 2. The summed E-state index contributed by atoms with van der Waals surface area (Å²) in [7, 11) is 0. The van der Waals surface area contributed by atoms with Gasteiger partial charge in [-0.3, -0.25) is 9.59 Å². The molecule has 0 spiro atoms. The predicted molar refractivity (Wildman–Crippen MR) is 91.6 cm³/mol. The summed E-state index contributed by atoms with van der Waals surface area (Å²) in [5.41, 5.74) is 7.48. The Morgan fingerprint density at radius 3 is 2.95 bits per heavy atom. The molecule has 3 rings (SSSR count). The van der Waals surface area contributed by atoms with Crippen LogP contribution in [0.15, 0.2) is 23.1 Å². The summed E-state index contributed by atoms with van der Waals surface area (Å²) >= 11 is 1.51. The number of carbonyl (C=O) groups is 2. The van der Waals surface area contributed by atoms with Crippen molar-refractivity contribution in [3.63, 3.8) is 0 Å². The number of hydrogen-bond acceptors (Lipinski definition) is 4. The number of rotatable bonds is 3. The van der Waals surface area contributed by atoms with Crippen LogP contribution in [0.3, 0.4) is 0 Å². The van der Waals surface area contributed by atoms with E-state index in [4.69, 9.17) is 5.73 Å². The first-order chi connectivity index (χ1) is 10.1. The summed E-state index contributed by atoms with van der Waals surface area (Å²) in [5.74, 6) is 0.719. The maximum absolute atomic E-state index is 12.1. The predicted octanol–water partition coefficient (Wildman–Crippen LogP) is 2.61. The minimum Gasteiger partial charge on any atom is -0.327 e. The van der Waals surface area contributed by atoms with Crippen LogP contribution in [0, 0.1) is 5.92 Å². The van der Waals surface area contributed by atoms with E-state index in [9.17, 15) is 9.59 Å². The van der Waals surface area contributed by atoms with Crippen LogP contribution in [0.1, 0.15) is 25.7 Å². The maximum atomic E-state index is 12.1. The molecule has 0 saturated heterocycles. The van der Waals surface area contributed by atoms with Gasteiger partial charge in [0.1, 0.15) is 0 Å². The van der Waals surface area contributed by atoms with Crippen molar-refractivity contribution in [1.29, 1.82) is 0 Å². The van der Waals surface area contributed by atoms with E-state index in [0.717, 1.165) is 29.8 Å². The Bertz CT molecular complexity index is 582. The molecule has 7 heteroatoms. The van der Waals surface area contributed by atoms with E-state index in [-0.39, 0.29) is 36.2 Å². The monoisotopic (exact) mass is 341 g/mol. The van der Waals surface area contributed by atoms with Crippen molar-refractivity contribution in [3.05, 3.63) is 18.2 Å². The average molecular weight is 342 g/mol. The highest BCUT2D eigenvalue weighted by Crippen LogP contribution is 2.33. The molecule has 1 aliphatic heterocycles. The molecule has 120 valence electrons. The molecule has 0 bridgehead atoms. The number of halogens is 1. The van der Waals surface area contributed by atoms with Gasteiger partial charge in [-0.1, -0.05) is 6.42 Å². The fourth-order valence-electron chi connectivity index (χ4n) is 2.93. The first-order valence-corrected chi connectivity index (χ1v) is 8.22. The van der Waals surface area contributed by atoms with Gasteiger partial charge in [0.2, 0.25) is 11.8 Å². The fraction of sp³-hybridized carbons (Fsp3) is 0.467. The third-order valence-electron chi connectivity index (χ3n) is 4.06. The van der Waals surface area contributed by atoms with E-state index < -0.39 is 0 Å². The number of nitrogens with two attached hydrogens (primary N) is 1. The van der Waals surface area contributed by atoms with Crippen molar-refractivity contribution in [2.45, 2.75) is 36.6 Å². The highest BCUT2D eigenvalue weighted by molar-refractivity contribution is 8.00. The van der Waals surface area contributed by atoms with Crippen LogP contribution in [0.5, 0.6) is 0 Å². The van der Waals surface area contributed by atoms with Crippen LogP contribution in [-0.4, -0.2) is 23.6 Å². The molecule has 1 fully saturated rings. The summed E-state index contributed by atoms with van der Waals surface area (Å²) in [6, 6.07) is 5.76. The zero-order chi connectivity index (χ0) is 14.8. The van der Waals surface area contributed by atoms with Crippen molar-refractivity contribution in [2.75, 3.05) is 16.4 Å². The smallest absolute Gasteiger partial charge is 0.234 e. The molecule has 1 saturated carbocycles. The van der Waals surface area contributed by atoms with Gasteiger partial charge < -0.3 is 16.4 Å². The zero-order valence-corrected chi connectivity index (χ0v) is 13.8. The summed E-state index contributed by atoms with van der Waals surface area (Å²) in [4.78, 5) is 24.5. The van der Waals surface area contributed by atoms with Gasteiger partial charge in [0.25, 0.3) is 0 Å². The van der Waals surface area contributed by atoms with E-state index in [1.807, 2.05) is 18.2 Å². The fourth-order valence-corrected chi connectivity index (χ4v) is 3.72. The maximum Gasteiger partial charge on any atom is 0.234 e. The zero-order valence-electron chi connectivity index (χ0n) is 12.1. The average Bonchev–Trinajstić information content (AvgIpc) is 2.83. The van der Waals surface area contributed by atoms with Crippen molar-refractivity contribution >= 4 is 47.4 Å². The van der Waals surface area contributed by atoms with Gasteiger partial charge in [-0.2, -0.15) is 0 Å². The molecule has 2 amide bonds. The highest BCUT2D eigenvalue weighted by Gasteiger charge is 2.26. The lowest BCUT2D eigenvalue weighted by Gasteiger charge is -2.18. The Morgan fingerprint density at radius 1 is 1.41 bits per heavy atom. The van der Waals surface area contributed by atoms with Crippen molar-refractivity contribution < 1.29 is 9.59 Å². The highest BCUT2D eigenvalue weighted by atomic mass is 35.5. The van der Waals surface area contributed by atoms with E-state index in [1.165, 1.54) is 11.8 Å². The van der Waals surface area contributed by atoms with E-state index in [1.54, 1.807) is 0 Å². The van der Waals surface area contributed by atoms with Crippen LogP contribution in [0.2, 0.25) is 0 Å². The number of thioether (sulfide) groups is 1. The van der Waals surface area contributed by atoms with Crippen LogP contribution >= 0.6 is 24.2 Å². The van der Waals surface area contributed by atoms with Crippen LogP contribution in [-0.2, 0) is 9.59 Å². The molecule has 1 aliphatic carbocycles. The Labute approximate surface area is 140 Å². The van der Waals surface area contributed by atoms with Gasteiger partial charge in [0.05, 0.1) is 11.4 Å². The van der Waals surface area contributed by atoms with E-state index in [2.05, 4.69) is 10.6 Å². The molecular weight excluding hydrogens is 322 g/mol. The Balaban J connectivity index is 0.00000176. The lowest BCUT2D eigenvalue weighted by Crippen LogP contribution is -2.28. The first-order valence-electron chi connectivity index (χ1n) is 7.24. The number of nitrogens with one attached hydrogen (secondary N) is 2. The van der Waals surface area contributed by atoms with Crippen LogP contribution in [0.4, 0.5) is 11.4 Å². The molecule has 4 N–H and O–H groups in total. The largest absolute Gasteiger partial charge is 0.327 e. The second-order valence-electron chi connectivity index (χ2n) is 5.65. The second kappa shape index (κ2) is 7.35. The van der Waals surface area contributed by atoms with Gasteiger partial charge in [-0.05, 0) is 37.0 Å². The number of carbonyl (C=O) groups excluding carboxylic acids is 2. The molecule has 2 atom stereocenters. The lowest BCUT2D eigenvalue weighted by molar-refractivity contribution is -0.117. The van der Waals surface area contributed by atoms with Crippen LogP contribution in [0.25, 0.3) is 0 Å². The molecule has 22 heavy (non-hydrogen) atoms. The molecule has 0 unspecified atom stereocenters. The number of anilines is 2. The van der Waals surface area contributed by atoms with Gasteiger partial charge in [0, 0.05) is 23.0 Å². The molecule has 0 radical (unpaired) electrons. The summed E-state index contributed by atoms with van der Waals surface area (Å²) in [6.07, 6.45) is 3.63. The Morgan fingerprint density at radius 2 is 2.23 bits per heavy atom. The number of hydrogen-bond donors (Lipinski definition) is 3. The Kier molecular flexibility index (Phi) is 5.72. The van der Waals surface area contributed by atoms with E-state index >= 15 is 0 Å². The summed E-state index contributed by atoms with van der Waals surface area (Å²) in [6.45, 7) is 0. The molecule has 1 aromatic rings. The van der Waals surface area contributed by atoms with Crippen molar-refractivity contribution in [2.24, 2.45) is 11.7 Å². The van der Waals surface area contributed by atoms with Crippen LogP contribution < -0.4 is 16.4 Å². The normalized spacial score (nSPS) is 23.2. The topological polar surface area (TPSA) is 84.2 Å². The standard InChI is InChI=1S/C15H19N3O2S.ClH/c16-11-3-1-2-9(11)6-14(19)17-10-4-5-13-12(7-10)18-15(20)8-21-13;/h4-5,7,9,11H,1-3,6,8,16H2,(H,17,19)(H,18,20);1H/t9-,11+;/m0./s1. The molecule has 1 aromatic carbocycles. The quantitative estimate of drug-likeness (QED) is 0.789. The molecule has 1 heterocycles. The third-order valence-corrected chi connectivity index (χ3v) is 5.14. The minimum atomic E-state index is -0.00732. The van der Waals surface area contributed by atoms with Gasteiger partial charge in [-0.25, -0.2) is 0 Å². The molecular formula is C15H20ClN3O2S. The van der Waals surface area contributed by atoms with Crippen molar-refractivity contribution in [1.82, 2.24) is 0 Å². The minimum absolute atomic E-state index is 0. The summed E-state index contributed by atoms with van der Waals surface area (Å²) < 4.78 is 0. The lowest BCUT2D eigenvalue weighted by atomic mass is 10.00. The number of fused-ring (bicyclic) bond motifs is 1. The van der Waals surface area contributed by atoms with Gasteiger partial charge >= 0.3 is 0 Å². The summed E-state index contributed by atoms with van der Waals surface area (Å²) in [5, 5.41) is 5.72. The van der Waals surface area contributed by atoms with Gasteiger partial charge in [-0.15, -0.1) is 24.2 Å². The second-order valence-corrected chi connectivity index (χ2v) is 6.67. The van der Waals surface area contributed by atoms with Crippen molar-refractivity contribution in [3.8, 4) is 0 Å². The van der Waals surface area contributed by atoms with Gasteiger partial charge in [0.15, 0.2) is 0 Å². The van der Waals surface area contributed by atoms with E-state index in [0.29, 0.717) is 17.9 Å². The molecule has 2 aliphatic rings. The Hall–Kier alpha value is -1.24. The molecule has 0 aromatic heterocycles. The first kappa shape index (κ1) is 17.1.